The van der Waals surface area contributed by atoms with Crippen molar-refractivity contribution in [2.24, 2.45) is 0 Å². The van der Waals surface area contributed by atoms with E-state index in [-0.39, 0.29) is 5.78 Å². The van der Waals surface area contributed by atoms with Gasteiger partial charge in [0.05, 0.1) is 10.0 Å². The van der Waals surface area contributed by atoms with Crippen molar-refractivity contribution in [3.05, 3.63) is 58.1 Å². The van der Waals surface area contributed by atoms with Gasteiger partial charge in [-0.3, -0.25) is 4.79 Å². The molecular formula is C16H14Cl2O3. The van der Waals surface area contributed by atoms with Gasteiger partial charge in [0.2, 0.25) is 0 Å². The molecule has 0 saturated heterocycles. The second-order valence-corrected chi connectivity index (χ2v) is 5.15. The molecule has 0 bridgehead atoms. The number of ketones is 1. The summed E-state index contributed by atoms with van der Waals surface area (Å²) in [4.78, 5) is 11.3. The summed E-state index contributed by atoms with van der Waals surface area (Å²) in [5.41, 5.74) is 0.456. The zero-order valence-corrected chi connectivity index (χ0v) is 12.9. The Labute approximate surface area is 133 Å². The number of carbonyl (C=O) groups is 1. The van der Waals surface area contributed by atoms with E-state index >= 15 is 0 Å². The molecule has 0 aliphatic rings. The van der Waals surface area contributed by atoms with E-state index < -0.39 is 0 Å². The molecule has 110 valence electrons. The fourth-order valence-electron chi connectivity index (χ4n) is 1.72. The predicted molar refractivity (Wildman–Crippen MR) is 83.9 cm³/mol. The van der Waals surface area contributed by atoms with Gasteiger partial charge < -0.3 is 9.47 Å². The Morgan fingerprint density at radius 3 is 2.14 bits per heavy atom. The van der Waals surface area contributed by atoms with Crippen molar-refractivity contribution < 1.29 is 14.3 Å². The molecule has 21 heavy (non-hydrogen) atoms. The molecule has 0 amide bonds. The van der Waals surface area contributed by atoms with Gasteiger partial charge in [-0.2, -0.15) is 0 Å². The summed E-state index contributed by atoms with van der Waals surface area (Å²) < 4.78 is 11.0. The number of carbonyl (C=O) groups excluding carboxylic acids is 1. The molecule has 0 radical (unpaired) electrons. The number of rotatable bonds is 6. The van der Waals surface area contributed by atoms with Gasteiger partial charge in [-0.1, -0.05) is 41.4 Å². The van der Waals surface area contributed by atoms with E-state index in [1.807, 2.05) is 30.3 Å². The number of benzene rings is 2. The third-order valence-electron chi connectivity index (χ3n) is 2.75. The quantitative estimate of drug-likeness (QED) is 0.573. The Hall–Kier alpha value is -1.71. The van der Waals surface area contributed by atoms with Gasteiger partial charge in [-0.15, -0.1) is 0 Å². The standard InChI is InChI=1S/C16H14Cl2O3/c1-11(19)12-9-14(17)16(15(18)10-12)21-8-7-20-13-5-3-2-4-6-13/h2-6,9-10H,7-8H2,1H3. The van der Waals surface area contributed by atoms with Crippen LogP contribution in [-0.4, -0.2) is 19.0 Å². The van der Waals surface area contributed by atoms with Crippen molar-refractivity contribution in [3.8, 4) is 11.5 Å². The Morgan fingerprint density at radius 2 is 1.57 bits per heavy atom. The van der Waals surface area contributed by atoms with Crippen LogP contribution in [0, 0.1) is 0 Å². The van der Waals surface area contributed by atoms with E-state index in [0.717, 1.165) is 5.75 Å². The maximum Gasteiger partial charge on any atom is 0.159 e. The maximum atomic E-state index is 11.3. The van der Waals surface area contributed by atoms with Crippen molar-refractivity contribution in [2.75, 3.05) is 13.2 Å². The molecule has 0 aromatic heterocycles. The van der Waals surface area contributed by atoms with Gasteiger partial charge in [-0.25, -0.2) is 0 Å². The first-order chi connectivity index (χ1) is 10.1. The van der Waals surface area contributed by atoms with E-state index in [2.05, 4.69) is 0 Å². The molecule has 5 heteroatoms. The summed E-state index contributed by atoms with van der Waals surface area (Å²) in [7, 11) is 0. The number of ether oxygens (including phenoxy) is 2. The lowest BCUT2D eigenvalue weighted by Crippen LogP contribution is -2.09. The summed E-state index contributed by atoms with van der Waals surface area (Å²) in [6, 6.07) is 12.5. The first kappa shape index (κ1) is 15.7. The fraction of sp³-hybridized carbons (Fsp3) is 0.188. The summed E-state index contributed by atoms with van der Waals surface area (Å²) in [5.74, 6) is 1.03. The van der Waals surface area contributed by atoms with Gasteiger partial charge in [-0.05, 0) is 31.2 Å². The number of hydrogen-bond acceptors (Lipinski definition) is 3. The summed E-state index contributed by atoms with van der Waals surface area (Å²) in [6.45, 7) is 2.12. The average molecular weight is 325 g/mol. The van der Waals surface area contributed by atoms with E-state index in [9.17, 15) is 4.79 Å². The second kappa shape index (κ2) is 7.34. The van der Waals surface area contributed by atoms with Gasteiger partial charge >= 0.3 is 0 Å². The van der Waals surface area contributed by atoms with Gasteiger partial charge in [0, 0.05) is 5.56 Å². The highest BCUT2D eigenvalue weighted by Gasteiger charge is 2.11. The van der Waals surface area contributed by atoms with E-state index in [1.54, 1.807) is 12.1 Å². The van der Waals surface area contributed by atoms with Crippen LogP contribution in [0.25, 0.3) is 0 Å². The van der Waals surface area contributed by atoms with Crippen LogP contribution in [-0.2, 0) is 0 Å². The predicted octanol–water partition coefficient (Wildman–Crippen LogP) is 4.65. The van der Waals surface area contributed by atoms with Crippen LogP contribution in [0.2, 0.25) is 10.0 Å². The molecule has 0 atom stereocenters. The minimum Gasteiger partial charge on any atom is -0.490 e. The molecule has 0 aliphatic carbocycles. The molecule has 0 aliphatic heterocycles. The van der Waals surface area contributed by atoms with Crippen molar-refractivity contribution >= 4 is 29.0 Å². The molecule has 0 unspecified atom stereocenters. The van der Waals surface area contributed by atoms with Gasteiger partial charge in [0.1, 0.15) is 19.0 Å². The second-order valence-electron chi connectivity index (χ2n) is 4.34. The van der Waals surface area contributed by atoms with Crippen LogP contribution >= 0.6 is 23.2 Å². The Bertz CT molecular complexity index is 604. The van der Waals surface area contributed by atoms with Crippen LogP contribution in [0.1, 0.15) is 17.3 Å². The zero-order valence-electron chi connectivity index (χ0n) is 11.4. The topological polar surface area (TPSA) is 35.5 Å². The molecule has 3 nitrogen and oxygen atoms in total. The molecule has 2 rings (SSSR count). The molecule has 0 N–H and O–H groups in total. The van der Waals surface area contributed by atoms with Crippen molar-refractivity contribution in [1.82, 2.24) is 0 Å². The van der Waals surface area contributed by atoms with E-state index in [4.69, 9.17) is 32.7 Å². The highest BCUT2D eigenvalue weighted by molar-refractivity contribution is 6.37. The number of para-hydroxylation sites is 1. The molecule has 2 aromatic rings. The average Bonchev–Trinajstić information content (AvgIpc) is 2.46. The van der Waals surface area contributed by atoms with Crippen LogP contribution in [0.5, 0.6) is 11.5 Å². The highest BCUT2D eigenvalue weighted by atomic mass is 35.5. The third-order valence-corrected chi connectivity index (χ3v) is 3.31. The molecule has 2 aromatic carbocycles. The highest BCUT2D eigenvalue weighted by Crippen LogP contribution is 2.34. The van der Waals surface area contributed by atoms with Crippen molar-refractivity contribution in [2.45, 2.75) is 6.92 Å². The first-order valence-corrected chi connectivity index (χ1v) is 7.14. The normalized spacial score (nSPS) is 10.2. The Kier molecular flexibility index (Phi) is 5.48. The lowest BCUT2D eigenvalue weighted by atomic mass is 10.1. The summed E-state index contributed by atoms with van der Waals surface area (Å²) in [5, 5.41) is 0.625. The molecule has 0 fully saturated rings. The first-order valence-electron chi connectivity index (χ1n) is 6.38. The largest absolute Gasteiger partial charge is 0.490 e. The molecular weight excluding hydrogens is 311 g/mol. The summed E-state index contributed by atoms with van der Waals surface area (Å²) >= 11 is 12.1. The van der Waals surface area contributed by atoms with E-state index in [0.29, 0.717) is 34.6 Å². The zero-order chi connectivity index (χ0) is 15.2. The van der Waals surface area contributed by atoms with Crippen LogP contribution in [0.4, 0.5) is 0 Å². The SMILES string of the molecule is CC(=O)c1cc(Cl)c(OCCOc2ccccc2)c(Cl)c1. The monoisotopic (exact) mass is 324 g/mol. The smallest absolute Gasteiger partial charge is 0.159 e. The minimum atomic E-state index is -0.0993. The minimum absolute atomic E-state index is 0.0993. The van der Waals surface area contributed by atoms with Crippen LogP contribution in [0.15, 0.2) is 42.5 Å². The summed E-state index contributed by atoms with van der Waals surface area (Å²) in [6.07, 6.45) is 0. The maximum absolute atomic E-state index is 11.3. The Balaban J connectivity index is 1.93. The molecule has 0 heterocycles. The van der Waals surface area contributed by atoms with Gasteiger partial charge in [0.15, 0.2) is 11.5 Å². The van der Waals surface area contributed by atoms with Crippen molar-refractivity contribution in [1.29, 1.82) is 0 Å². The lowest BCUT2D eigenvalue weighted by Gasteiger charge is -2.12. The van der Waals surface area contributed by atoms with Crippen LogP contribution < -0.4 is 9.47 Å². The number of hydrogen-bond donors (Lipinski definition) is 0. The van der Waals surface area contributed by atoms with Crippen molar-refractivity contribution in [3.63, 3.8) is 0 Å². The van der Waals surface area contributed by atoms with Crippen LogP contribution in [0.3, 0.4) is 0 Å². The lowest BCUT2D eigenvalue weighted by molar-refractivity contribution is 0.101. The fourth-order valence-corrected chi connectivity index (χ4v) is 2.32. The molecule has 0 saturated carbocycles. The number of halogens is 2. The molecule has 0 spiro atoms. The van der Waals surface area contributed by atoms with Gasteiger partial charge in [0.25, 0.3) is 0 Å². The van der Waals surface area contributed by atoms with E-state index in [1.165, 1.54) is 6.92 Å². The Morgan fingerprint density at radius 1 is 1.00 bits per heavy atom. The number of Topliss-reactive ketones (excluding diaryl/α,β-unsaturated/α-hetero) is 1. The third kappa shape index (κ3) is 4.38.